The zero-order valence-corrected chi connectivity index (χ0v) is 16.8. The van der Waals surface area contributed by atoms with Crippen molar-refractivity contribution < 1.29 is 22.8 Å². The molecule has 0 radical (unpaired) electrons. The molecule has 164 valence electrons. The van der Waals surface area contributed by atoms with Crippen LogP contribution in [0.15, 0.2) is 79.0 Å². The number of fused-ring (bicyclic) bond motifs is 1. The largest absolute Gasteiger partial charge is 0.497 e. The number of alkyl halides is 3. The monoisotopic (exact) mass is 441 g/mol. The van der Waals surface area contributed by atoms with E-state index in [2.05, 4.69) is 10.3 Å². The van der Waals surface area contributed by atoms with Gasteiger partial charge in [0.1, 0.15) is 5.75 Å². The molecular weight excluding hydrogens is 423 g/mol. The Morgan fingerprint density at radius 2 is 1.72 bits per heavy atom. The molecule has 1 aromatic heterocycles. The van der Waals surface area contributed by atoms with E-state index in [1.165, 1.54) is 43.6 Å². The molecule has 3 aromatic carbocycles. The van der Waals surface area contributed by atoms with Crippen molar-refractivity contribution in [2.75, 3.05) is 12.4 Å². The van der Waals surface area contributed by atoms with Crippen molar-refractivity contribution in [3.05, 3.63) is 100 Å². The van der Waals surface area contributed by atoms with Crippen molar-refractivity contribution >= 4 is 22.3 Å². The van der Waals surface area contributed by atoms with Crippen molar-refractivity contribution in [2.24, 2.45) is 0 Å². The molecule has 0 aliphatic carbocycles. The zero-order chi connectivity index (χ0) is 22.9. The number of nitrogens with one attached hydrogen (secondary N) is 2. The highest BCUT2D eigenvalue weighted by Crippen LogP contribution is 2.49. The minimum absolute atomic E-state index is 0.0350. The van der Waals surface area contributed by atoms with Gasteiger partial charge < -0.3 is 15.0 Å². The van der Waals surface area contributed by atoms with Crippen LogP contribution in [0.1, 0.15) is 11.1 Å². The quantitative estimate of drug-likeness (QED) is 0.284. The first-order valence-corrected chi connectivity index (χ1v) is 9.57. The van der Waals surface area contributed by atoms with E-state index in [1.807, 2.05) is 0 Å². The van der Waals surface area contributed by atoms with Gasteiger partial charge in [0, 0.05) is 40.5 Å². The lowest BCUT2D eigenvalue weighted by Crippen LogP contribution is -2.50. The Balaban J connectivity index is 2.00. The van der Waals surface area contributed by atoms with Gasteiger partial charge in [-0.3, -0.25) is 10.1 Å². The molecule has 4 rings (SSSR count). The SMILES string of the molecule is COc1cccc(C(Nc2ccc([N+](=O)[O-])cc2)(c2c[nH]c3ccccc23)C(F)(F)F)c1. The maximum absolute atomic E-state index is 15.1. The van der Waals surface area contributed by atoms with Gasteiger partial charge in [0.2, 0.25) is 0 Å². The first-order chi connectivity index (χ1) is 15.3. The summed E-state index contributed by atoms with van der Waals surface area (Å²) in [5.74, 6) is 0.265. The number of rotatable bonds is 6. The Kier molecular flexibility index (Phi) is 5.25. The molecule has 32 heavy (non-hydrogen) atoms. The van der Waals surface area contributed by atoms with E-state index in [9.17, 15) is 10.1 Å². The van der Waals surface area contributed by atoms with Gasteiger partial charge in [-0.25, -0.2) is 0 Å². The Morgan fingerprint density at radius 1 is 1.00 bits per heavy atom. The molecule has 6 nitrogen and oxygen atoms in total. The van der Waals surface area contributed by atoms with Crippen molar-refractivity contribution in [3.63, 3.8) is 0 Å². The summed E-state index contributed by atoms with van der Waals surface area (Å²) in [6.07, 6.45) is -3.47. The van der Waals surface area contributed by atoms with E-state index >= 15 is 13.2 Å². The molecule has 9 heteroatoms. The molecule has 0 spiro atoms. The van der Waals surface area contributed by atoms with Crippen molar-refractivity contribution in [1.29, 1.82) is 0 Å². The molecule has 1 atom stereocenters. The van der Waals surface area contributed by atoms with E-state index < -0.39 is 16.6 Å². The Hall–Kier alpha value is -4.01. The number of halogens is 3. The number of ether oxygens (including phenoxy) is 1. The van der Waals surface area contributed by atoms with Crippen molar-refractivity contribution in [1.82, 2.24) is 4.98 Å². The number of non-ortho nitro benzene ring substituents is 1. The second-order valence-corrected chi connectivity index (χ2v) is 7.16. The number of benzene rings is 3. The number of aromatic nitrogens is 1. The maximum Gasteiger partial charge on any atom is 0.420 e. The average Bonchev–Trinajstić information content (AvgIpc) is 3.21. The van der Waals surface area contributed by atoms with Crippen molar-refractivity contribution in [3.8, 4) is 5.75 Å². The van der Waals surface area contributed by atoms with E-state index in [1.54, 1.807) is 30.3 Å². The number of nitrogens with zero attached hydrogens (tertiary/aromatic N) is 1. The number of hydrogen-bond donors (Lipinski definition) is 2. The zero-order valence-electron chi connectivity index (χ0n) is 16.8. The van der Waals surface area contributed by atoms with Crippen LogP contribution in [0.5, 0.6) is 5.75 Å². The molecule has 4 aromatic rings. The minimum Gasteiger partial charge on any atom is -0.497 e. The topological polar surface area (TPSA) is 80.2 Å². The molecule has 0 saturated carbocycles. The predicted molar refractivity (Wildman–Crippen MR) is 115 cm³/mol. The smallest absolute Gasteiger partial charge is 0.420 e. The molecule has 0 fully saturated rings. The van der Waals surface area contributed by atoms with Crippen LogP contribution >= 0.6 is 0 Å². The van der Waals surface area contributed by atoms with Crippen LogP contribution in [0.2, 0.25) is 0 Å². The normalized spacial score (nSPS) is 13.5. The van der Waals surface area contributed by atoms with Gasteiger partial charge in [-0.05, 0) is 35.9 Å². The van der Waals surface area contributed by atoms with Crippen molar-refractivity contribution in [2.45, 2.75) is 11.7 Å². The van der Waals surface area contributed by atoms with Gasteiger partial charge in [0.05, 0.1) is 12.0 Å². The summed E-state index contributed by atoms with van der Waals surface area (Å²) in [6.45, 7) is 0. The summed E-state index contributed by atoms with van der Waals surface area (Å²) < 4.78 is 50.3. The van der Waals surface area contributed by atoms with E-state index in [0.717, 1.165) is 12.1 Å². The van der Waals surface area contributed by atoms with Gasteiger partial charge in [0.25, 0.3) is 5.69 Å². The summed E-state index contributed by atoms with van der Waals surface area (Å²) in [6, 6.07) is 17.3. The van der Waals surface area contributed by atoms with Gasteiger partial charge in [-0.1, -0.05) is 30.3 Å². The Labute approximate surface area is 180 Å². The molecule has 0 aliphatic rings. The van der Waals surface area contributed by atoms with Gasteiger partial charge in [0.15, 0.2) is 5.54 Å². The molecular formula is C23H18F3N3O3. The van der Waals surface area contributed by atoms with Crippen LogP contribution in [0.4, 0.5) is 24.5 Å². The summed E-state index contributed by atoms with van der Waals surface area (Å²) in [7, 11) is 1.38. The van der Waals surface area contributed by atoms with E-state index in [4.69, 9.17) is 4.74 Å². The lowest BCUT2D eigenvalue weighted by Gasteiger charge is -2.38. The van der Waals surface area contributed by atoms with Gasteiger partial charge in [-0.2, -0.15) is 13.2 Å². The molecule has 0 amide bonds. The average molecular weight is 441 g/mol. The summed E-state index contributed by atoms with van der Waals surface area (Å²) in [4.78, 5) is 13.3. The van der Waals surface area contributed by atoms with Gasteiger partial charge in [-0.15, -0.1) is 0 Å². The predicted octanol–water partition coefficient (Wildman–Crippen LogP) is 6.00. The first-order valence-electron chi connectivity index (χ1n) is 9.57. The Morgan fingerprint density at radius 3 is 2.38 bits per heavy atom. The number of aromatic amines is 1. The second kappa shape index (κ2) is 7.92. The molecule has 1 heterocycles. The lowest BCUT2D eigenvalue weighted by atomic mass is 9.81. The van der Waals surface area contributed by atoms with Crippen LogP contribution < -0.4 is 10.1 Å². The number of para-hydroxylation sites is 1. The number of methoxy groups -OCH3 is 1. The number of anilines is 1. The second-order valence-electron chi connectivity index (χ2n) is 7.16. The standard InChI is InChI=1S/C23H18F3N3O3/c1-32-18-6-4-5-15(13-18)22(23(24,25)26,20-14-27-21-8-3-2-7-19(20)21)28-16-9-11-17(12-10-16)29(30)31/h2-14,27-28H,1H3. The molecule has 0 aliphatic heterocycles. The maximum atomic E-state index is 15.1. The Bertz CT molecular complexity index is 1270. The minimum atomic E-state index is -4.80. The number of H-pyrrole nitrogens is 1. The fraction of sp³-hybridized carbons (Fsp3) is 0.130. The van der Waals surface area contributed by atoms with E-state index in [0.29, 0.717) is 10.9 Å². The fourth-order valence-corrected chi connectivity index (χ4v) is 3.80. The third-order valence-electron chi connectivity index (χ3n) is 5.33. The summed E-state index contributed by atoms with van der Waals surface area (Å²) >= 11 is 0. The third kappa shape index (κ3) is 3.51. The number of nitro groups is 1. The van der Waals surface area contributed by atoms with E-state index in [-0.39, 0.29) is 28.3 Å². The molecule has 0 saturated heterocycles. The van der Waals surface area contributed by atoms with Crippen LogP contribution in [-0.4, -0.2) is 23.2 Å². The highest BCUT2D eigenvalue weighted by molar-refractivity contribution is 5.86. The highest BCUT2D eigenvalue weighted by atomic mass is 19.4. The molecule has 2 N–H and O–H groups in total. The molecule has 1 unspecified atom stereocenters. The number of nitro benzene ring substituents is 1. The van der Waals surface area contributed by atoms with Crippen LogP contribution in [-0.2, 0) is 5.54 Å². The summed E-state index contributed by atoms with van der Waals surface area (Å²) in [5, 5.41) is 14.0. The fourth-order valence-electron chi connectivity index (χ4n) is 3.80. The van der Waals surface area contributed by atoms with Gasteiger partial charge >= 0.3 is 6.18 Å². The first kappa shape index (κ1) is 21.2. The summed E-state index contributed by atoms with van der Waals surface area (Å²) in [5.41, 5.74) is -2.40. The lowest BCUT2D eigenvalue weighted by molar-refractivity contribution is -0.384. The molecule has 0 bridgehead atoms. The van der Waals surface area contributed by atoms with Crippen LogP contribution in [0.25, 0.3) is 10.9 Å². The number of hydrogen-bond acceptors (Lipinski definition) is 4. The van der Waals surface area contributed by atoms with Crippen LogP contribution in [0, 0.1) is 10.1 Å². The third-order valence-corrected chi connectivity index (χ3v) is 5.33. The van der Waals surface area contributed by atoms with Crippen LogP contribution in [0.3, 0.4) is 0 Å². The highest BCUT2D eigenvalue weighted by Gasteiger charge is 2.58.